The van der Waals surface area contributed by atoms with Crippen LogP contribution in [0.25, 0.3) is 11.5 Å². The second-order valence-corrected chi connectivity index (χ2v) is 5.80. The topological polar surface area (TPSA) is 73.6 Å². The number of carbonyl (C=O) groups is 1. The van der Waals surface area contributed by atoms with Crippen LogP contribution in [0.3, 0.4) is 0 Å². The summed E-state index contributed by atoms with van der Waals surface area (Å²) in [7, 11) is 3.08. The lowest BCUT2D eigenvalue weighted by molar-refractivity contribution is 0.102. The van der Waals surface area contributed by atoms with E-state index >= 15 is 0 Å². The summed E-state index contributed by atoms with van der Waals surface area (Å²) >= 11 is 0. The lowest BCUT2D eigenvalue weighted by Gasteiger charge is -2.10. The van der Waals surface area contributed by atoms with Crippen molar-refractivity contribution in [3.63, 3.8) is 0 Å². The largest absolute Gasteiger partial charge is 0.497 e. The minimum Gasteiger partial charge on any atom is -0.497 e. The number of nitrogens with zero attached hydrogens (tertiary/aromatic N) is 1. The van der Waals surface area contributed by atoms with E-state index in [9.17, 15) is 4.79 Å². The van der Waals surface area contributed by atoms with E-state index in [0.717, 1.165) is 17.0 Å². The van der Waals surface area contributed by atoms with Crippen molar-refractivity contribution in [1.29, 1.82) is 0 Å². The van der Waals surface area contributed by atoms with E-state index in [2.05, 4.69) is 10.3 Å². The molecule has 3 aromatic rings. The molecule has 0 atom stereocenters. The van der Waals surface area contributed by atoms with Gasteiger partial charge < -0.3 is 19.2 Å². The Morgan fingerprint density at radius 3 is 2.31 bits per heavy atom. The fourth-order valence-corrected chi connectivity index (χ4v) is 2.47. The number of aryl methyl sites for hydroxylation is 2. The maximum Gasteiger partial charge on any atom is 0.255 e. The van der Waals surface area contributed by atoms with E-state index < -0.39 is 0 Å². The SMILES string of the molecule is COc1cc(OC)cc(C(=O)Nc2cccc(-c3nc(C)c(C)o3)c2)c1. The summed E-state index contributed by atoms with van der Waals surface area (Å²) in [5.41, 5.74) is 2.72. The van der Waals surface area contributed by atoms with Crippen molar-refractivity contribution in [3.05, 3.63) is 59.5 Å². The highest BCUT2D eigenvalue weighted by Crippen LogP contribution is 2.26. The van der Waals surface area contributed by atoms with Crippen LogP contribution >= 0.6 is 0 Å². The van der Waals surface area contributed by atoms with Gasteiger partial charge in [0.1, 0.15) is 17.3 Å². The third-order valence-corrected chi connectivity index (χ3v) is 4.01. The van der Waals surface area contributed by atoms with E-state index in [-0.39, 0.29) is 5.91 Å². The van der Waals surface area contributed by atoms with Gasteiger partial charge in [0.25, 0.3) is 5.91 Å². The molecule has 1 aromatic heterocycles. The van der Waals surface area contributed by atoms with E-state index in [1.165, 1.54) is 0 Å². The number of rotatable bonds is 5. The van der Waals surface area contributed by atoms with E-state index in [1.807, 2.05) is 38.1 Å². The normalized spacial score (nSPS) is 10.5. The number of carbonyl (C=O) groups excluding carboxylic acids is 1. The zero-order valence-electron chi connectivity index (χ0n) is 15.1. The molecule has 0 aliphatic carbocycles. The molecule has 1 heterocycles. The molecule has 1 N–H and O–H groups in total. The Kier molecular flexibility index (Phi) is 4.93. The number of benzene rings is 2. The van der Waals surface area contributed by atoms with Gasteiger partial charge in [-0.3, -0.25) is 4.79 Å². The Balaban J connectivity index is 1.85. The number of methoxy groups -OCH3 is 2. The first-order valence-corrected chi connectivity index (χ1v) is 8.09. The van der Waals surface area contributed by atoms with Crippen molar-refractivity contribution in [2.24, 2.45) is 0 Å². The minimum absolute atomic E-state index is 0.265. The van der Waals surface area contributed by atoms with Crippen LogP contribution in [0.2, 0.25) is 0 Å². The zero-order chi connectivity index (χ0) is 18.7. The first-order valence-electron chi connectivity index (χ1n) is 8.09. The fraction of sp³-hybridized carbons (Fsp3) is 0.200. The summed E-state index contributed by atoms with van der Waals surface area (Å²) < 4.78 is 16.1. The number of ether oxygens (including phenoxy) is 2. The molecule has 0 aliphatic heterocycles. The molecule has 0 fully saturated rings. The van der Waals surface area contributed by atoms with Crippen molar-refractivity contribution < 1.29 is 18.7 Å². The Morgan fingerprint density at radius 2 is 1.73 bits per heavy atom. The van der Waals surface area contributed by atoms with Crippen LogP contribution in [-0.2, 0) is 0 Å². The van der Waals surface area contributed by atoms with Gasteiger partial charge in [-0.2, -0.15) is 0 Å². The molecule has 0 aliphatic rings. The van der Waals surface area contributed by atoms with Gasteiger partial charge in [0.05, 0.1) is 19.9 Å². The lowest BCUT2D eigenvalue weighted by atomic mass is 10.1. The van der Waals surface area contributed by atoms with E-state index in [4.69, 9.17) is 13.9 Å². The van der Waals surface area contributed by atoms with Crippen molar-refractivity contribution in [2.45, 2.75) is 13.8 Å². The molecular weight excluding hydrogens is 332 g/mol. The molecule has 6 nitrogen and oxygen atoms in total. The number of nitrogens with one attached hydrogen (secondary N) is 1. The number of hydrogen-bond donors (Lipinski definition) is 1. The van der Waals surface area contributed by atoms with Crippen molar-refractivity contribution in [3.8, 4) is 23.0 Å². The summed E-state index contributed by atoms with van der Waals surface area (Å²) in [6.07, 6.45) is 0. The molecule has 0 radical (unpaired) electrons. The third kappa shape index (κ3) is 3.69. The molecule has 3 rings (SSSR count). The second-order valence-electron chi connectivity index (χ2n) is 5.80. The number of hydrogen-bond acceptors (Lipinski definition) is 5. The summed E-state index contributed by atoms with van der Waals surface area (Å²) in [4.78, 5) is 17.0. The Bertz CT molecular complexity index is 905. The number of anilines is 1. The second kappa shape index (κ2) is 7.31. The van der Waals surface area contributed by atoms with Crippen molar-refractivity contribution in [2.75, 3.05) is 19.5 Å². The molecule has 26 heavy (non-hydrogen) atoms. The first kappa shape index (κ1) is 17.5. The highest BCUT2D eigenvalue weighted by atomic mass is 16.5. The van der Waals surface area contributed by atoms with E-state index in [1.54, 1.807) is 32.4 Å². The van der Waals surface area contributed by atoms with Crippen LogP contribution in [0.15, 0.2) is 46.9 Å². The van der Waals surface area contributed by atoms with Crippen LogP contribution in [0, 0.1) is 13.8 Å². The smallest absolute Gasteiger partial charge is 0.255 e. The van der Waals surface area contributed by atoms with Crippen molar-refractivity contribution in [1.82, 2.24) is 4.98 Å². The first-order chi connectivity index (χ1) is 12.5. The fourth-order valence-electron chi connectivity index (χ4n) is 2.47. The zero-order valence-corrected chi connectivity index (χ0v) is 15.1. The van der Waals surface area contributed by atoms with Crippen LogP contribution < -0.4 is 14.8 Å². The predicted octanol–water partition coefficient (Wildman–Crippen LogP) is 4.23. The number of oxazole rings is 1. The van der Waals surface area contributed by atoms with Gasteiger partial charge in [0.2, 0.25) is 5.89 Å². The molecule has 134 valence electrons. The molecular formula is C20H20N2O4. The standard InChI is InChI=1S/C20H20N2O4/c1-12-13(2)26-20(21-12)14-6-5-7-16(8-14)22-19(23)15-9-17(24-3)11-18(10-15)25-4/h5-11H,1-4H3,(H,22,23). The van der Waals surface area contributed by atoms with Crippen LogP contribution in [0.5, 0.6) is 11.5 Å². The molecule has 0 unspecified atom stereocenters. The number of amides is 1. The van der Waals surface area contributed by atoms with Crippen LogP contribution in [0.4, 0.5) is 5.69 Å². The molecule has 0 saturated heterocycles. The van der Waals surface area contributed by atoms with Gasteiger partial charge in [-0.1, -0.05) is 6.07 Å². The summed E-state index contributed by atoms with van der Waals surface area (Å²) in [5, 5.41) is 2.87. The average Bonchev–Trinajstić information content (AvgIpc) is 3.00. The number of aromatic nitrogens is 1. The molecule has 6 heteroatoms. The highest BCUT2D eigenvalue weighted by Gasteiger charge is 2.12. The summed E-state index contributed by atoms with van der Waals surface area (Å²) in [6.45, 7) is 3.76. The summed E-state index contributed by atoms with van der Waals surface area (Å²) in [5.74, 6) is 2.14. The molecule has 2 aromatic carbocycles. The van der Waals surface area contributed by atoms with Gasteiger partial charge in [-0.15, -0.1) is 0 Å². The van der Waals surface area contributed by atoms with Gasteiger partial charge >= 0.3 is 0 Å². The predicted molar refractivity (Wildman–Crippen MR) is 98.9 cm³/mol. The van der Waals surface area contributed by atoms with Gasteiger partial charge in [0, 0.05) is 22.9 Å². The molecule has 0 spiro atoms. The third-order valence-electron chi connectivity index (χ3n) is 4.01. The van der Waals surface area contributed by atoms with Crippen LogP contribution in [-0.4, -0.2) is 25.1 Å². The van der Waals surface area contributed by atoms with Gasteiger partial charge in [-0.05, 0) is 44.2 Å². The highest BCUT2D eigenvalue weighted by molar-refractivity contribution is 6.05. The van der Waals surface area contributed by atoms with Gasteiger partial charge in [-0.25, -0.2) is 4.98 Å². The van der Waals surface area contributed by atoms with E-state index in [0.29, 0.717) is 28.6 Å². The Hall–Kier alpha value is -3.28. The maximum absolute atomic E-state index is 12.6. The maximum atomic E-state index is 12.6. The average molecular weight is 352 g/mol. The quantitative estimate of drug-likeness (QED) is 0.744. The molecule has 0 saturated carbocycles. The molecule has 0 bridgehead atoms. The monoisotopic (exact) mass is 352 g/mol. The van der Waals surface area contributed by atoms with Crippen LogP contribution in [0.1, 0.15) is 21.8 Å². The molecule has 1 amide bonds. The lowest BCUT2D eigenvalue weighted by Crippen LogP contribution is -2.12. The summed E-state index contributed by atoms with van der Waals surface area (Å²) in [6, 6.07) is 12.4. The van der Waals surface area contributed by atoms with Gasteiger partial charge in [0.15, 0.2) is 0 Å². The van der Waals surface area contributed by atoms with Crippen molar-refractivity contribution >= 4 is 11.6 Å². The Morgan fingerprint density at radius 1 is 1.04 bits per heavy atom. The Labute approximate surface area is 151 Å². The minimum atomic E-state index is -0.265.